The number of esters is 1. The first-order chi connectivity index (χ1) is 12.1. The molecule has 0 spiro atoms. The Kier molecular flexibility index (Phi) is 4.55. The number of rotatable bonds is 5. The van der Waals surface area contributed by atoms with Crippen molar-refractivity contribution in [2.24, 2.45) is 0 Å². The van der Waals surface area contributed by atoms with Crippen molar-refractivity contribution < 1.29 is 19.0 Å². The molecule has 0 saturated carbocycles. The maximum atomic E-state index is 12.5. The maximum absolute atomic E-state index is 12.5. The Bertz CT molecular complexity index is 830. The first-order valence-corrected chi connectivity index (χ1v) is 7.72. The average Bonchev–Trinajstić information content (AvgIpc) is 3.13. The van der Waals surface area contributed by atoms with Crippen molar-refractivity contribution in [3.63, 3.8) is 0 Å². The monoisotopic (exact) mass is 345 g/mol. The summed E-state index contributed by atoms with van der Waals surface area (Å²) in [7, 11) is 4.47. The lowest BCUT2D eigenvalue weighted by Gasteiger charge is -2.28. The molecular formula is C16H19N5O4. The molecule has 2 aromatic rings. The van der Waals surface area contributed by atoms with Gasteiger partial charge in [-0.3, -0.25) is 0 Å². The molecule has 0 aliphatic carbocycles. The van der Waals surface area contributed by atoms with E-state index >= 15 is 0 Å². The number of aromatic nitrogens is 4. The molecule has 0 amide bonds. The Balaban J connectivity index is 2.20. The molecule has 0 saturated heterocycles. The van der Waals surface area contributed by atoms with E-state index in [0.29, 0.717) is 35.1 Å². The molecule has 25 heavy (non-hydrogen) atoms. The number of methoxy groups -OCH3 is 3. The molecule has 1 aliphatic heterocycles. The van der Waals surface area contributed by atoms with E-state index in [0.717, 1.165) is 5.56 Å². The minimum Gasteiger partial charge on any atom is -0.493 e. The molecule has 1 aromatic carbocycles. The number of hydrogen-bond donors (Lipinski definition) is 1. The molecule has 1 aromatic heterocycles. The highest BCUT2D eigenvalue weighted by atomic mass is 16.5. The van der Waals surface area contributed by atoms with Crippen LogP contribution in [0.1, 0.15) is 24.9 Å². The fourth-order valence-corrected chi connectivity index (χ4v) is 2.89. The topological polar surface area (TPSA) is 100 Å². The van der Waals surface area contributed by atoms with Gasteiger partial charge in [-0.15, -0.1) is 0 Å². The largest absolute Gasteiger partial charge is 0.493 e. The van der Waals surface area contributed by atoms with Crippen LogP contribution >= 0.6 is 0 Å². The number of hydrogen-bond acceptors (Lipinski definition) is 8. The number of tetrazole rings is 1. The summed E-state index contributed by atoms with van der Waals surface area (Å²) in [5, 5.41) is 14.8. The Labute approximate surface area is 144 Å². The van der Waals surface area contributed by atoms with Gasteiger partial charge < -0.3 is 19.5 Å². The van der Waals surface area contributed by atoms with E-state index in [4.69, 9.17) is 14.2 Å². The van der Waals surface area contributed by atoms with Crippen molar-refractivity contribution in [1.29, 1.82) is 0 Å². The number of ether oxygens (including phenoxy) is 3. The van der Waals surface area contributed by atoms with Gasteiger partial charge in [-0.1, -0.05) is 18.1 Å². The zero-order valence-electron chi connectivity index (χ0n) is 14.4. The summed E-state index contributed by atoms with van der Waals surface area (Å²) in [6, 6.07) is 4.89. The Morgan fingerprint density at radius 2 is 2.00 bits per heavy atom. The molecule has 1 unspecified atom stereocenters. The predicted molar refractivity (Wildman–Crippen MR) is 88.5 cm³/mol. The van der Waals surface area contributed by atoms with Gasteiger partial charge in [-0.25, -0.2) is 4.79 Å². The van der Waals surface area contributed by atoms with Gasteiger partial charge in [0.2, 0.25) is 5.95 Å². The lowest BCUT2D eigenvalue weighted by atomic mass is 9.94. The molecule has 132 valence electrons. The second-order valence-corrected chi connectivity index (χ2v) is 5.33. The van der Waals surface area contributed by atoms with Gasteiger partial charge in [0.25, 0.3) is 0 Å². The third-order valence-corrected chi connectivity index (χ3v) is 4.08. The predicted octanol–water partition coefficient (Wildman–Crippen LogP) is 1.54. The highest BCUT2D eigenvalue weighted by Crippen LogP contribution is 2.39. The molecule has 9 heteroatoms. The number of nitrogens with zero attached hydrogens (tertiary/aromatic N) is 4. The van der Waals surface area contributed by atoms with Crippen LogP contribution in [0.25, 0.3) is 0 Å². The molecule has 1 atom stereocenters. The Morgan fingerprint density at radius 3 is 2.64 bits per heavy atom. The molecule has 9 nitrogen and oxygen atoms in total. The first kappa shape index (κ1) is 16.7. The van der Waals surface area contributed by atoms with E-state index in [1.165, 1.54) is 7.11 Å². The number of anilines is 1. The number of carbonyl (C=O) groups excluding carboxylic acids is 1. The summed E-state index contributed by atoms with van der Waals surface area (Å²) in [5.74, 6) is 1.17. The molecular weight excluding hydrogens is 326 g/mol. The molecule has 3 rings (SSSR count). The fraction of sp³-hybridized carbons (Fsp3) is 0.375. The summed E-state index contributed by atoms with van der Waals surface area (Å²) < 4.78 is 17.2. The van der Waals surface area contributed by atoms with Gasteiger partial charge in [0, 0.05) is 5.70 Å². The van der Waals surface area contributed by atoms with Crippen LogP contribution in [0.2, 0.25) is 0 Å². The third-order valence-electron chi connectivity index (χ3n) is 4.08. The van der Waals surface area contributed by atoms with Crippen molar-refractivity contribution in [2.75, 3.05) is 26.6 Å². The quantitative estimate of drug-likeness (QED) is 0.815. The van der Waals surface area contributed by atoms with E-state index in [1.54, 1.807) is 31.0 Å². The average molecular weight is 345 g/mol. The number of allylic oxidation sites excluding steroid dienone is 1. The van der Waals surface area contributed by atoms with Crippen molar-refractivity contribution in [2.45, 2.75) is 19.4 Å². The zero-order chi connectivity index (χ0) is 18.0. The minimum absolute atomic E-state index is 0.440. The Hall–Kier alpha value is -3.10. The van der Waals surface area contributed by atoms with E-state index in [9.17, 15) is 4.79 Å². The summed E-state index contributed by atoms with van der Waals surface area (Å²) in [4.78, 5) is 12.5. The van der Waals surface area contributed by atoms with Crippen LogP contribution in [0.5, 0.6) is 11.5 Å². The molecule has 0 radical (unpaired) electrons. The molecule has 2 heterocycles. The summed E-state index contributed by atoms with van der Waals surface area (Å²) in [6.45, 7) is 1.94. The number of carbonyl (C=O) groups is 1. The molecule has 0 bridgehead atoms. The third kappa shape index (κ3) is 2.77. The Morgan fingerprint density at radius 1 is 1.24 bits per heavy atom. The molecule has 1 N–H and O–H groups in total. The van der Waals surface area contributed by atoms with Crippen LogP contribution in [0, 0.1) is 0 Å². The van der Waals surface area contributed by atoms with Gasteiger partial charge >= 0.3 is 5.97 Å². The van der Waals surface area contributed by atoms with Crippen molar-refractivity contribution in [3.8, 4) is 11.5 Å². The van der Waals surface area contributed by atoms with Crippen LogP contribution in [-0.4, -0.2) is 47.5 Å². The summed E-state index contributed by atoms with van der Waals surface area (Å²) >= 11 is 0. The number of fused-ring (bicyclic) bond motifs is 1. The summed E-state index contributed by atoms with van der Waals surface area (Å²) in [6.07, 6.45) is 0.598. The lowest BCUT2D eigenvalue weighted by molar-refractivity contribution is -0.136. The van der Waals surface area contributed by atoms with Gasteiger partial charge in [0.1, 0.15) is 6.04 Å². The van der Waals surface area contributed by atoms with Gasteiger partial charge in [-0.05, 0) is 34.5 Å². The van der Waals surface area contributed by atoms with Crippen molar-refractivity contribution in [1.82, 2.24) is 20.2 Å². The molecule has 1 aliphatic rings. The zero-order valence-corrected chi connectivity index (χ0v) is 14.4. The fourth-order valence-electron chi connectivity index (χ4n) is 2.89. The van der Waals surface area contributed by atoms with Crippen LogP contribution in [-0.2, 0) is 9.53 Å². The van der Waals surface area contributed by atoms with E-state index in [-0.39, 0.29) is 0 Å². The highest BCUT2D eigenvalue weighted by molar-refractivity contribution is 5.92. The number of nitrogens with one attached hydrogen (secondary N) is 1. The second-order valence-electron chi connectivity index (χ2n) is 5.33. The van der Waals surface area contributed by atoms with E-state index < -0.39 is 12.0 Å². The maximum Gasteiger partial charge on any atom is 0.338 e. The normalized spacial score (nSPS) is 16.1. The summed E-state index contributed by atoms with van der Waals surface area (Å²) in [5.41, 5.74) is 1.95. The van der Waals surface area contributed by atoms with E-state index in [1.807, 2.05) is 13.0 Å². The number of benzene rings is 1. The van der Waals surface area contributed by atoms with E-state index in [2.05, 4.69) is 20.8 Å². The SMILES string of the molecule is CCC1=C(C(=O)OC)C(c2ccc(OC)c(OC)c2)n2nnnc2N1. The van der Waals surface area contributed by atoms with Crippen molar-refractivity contribution in [3.05, 3.63) is 35.0 Å². The van der Waals surface area contributed by atoms with Crippen molar-refractivity contribution >= 4 is 11.9 Å². The van der Waals surface area contributed by atoms with Gasteiger partial charge in [0.15, 0.2) is 11.5 Å². The van der Waals surface area contributed by atoms with Gasteiger partial charge in [0.05, 0.1) is 26.9 Å². The standard InChI is InChI=1S/C16H19N5O4/c1-5-10-13(15(22)25-4)14(21-16(17-10)18-19-20-21)9-6-7-11(23-2)12(8-9)24-3/h6-8,14H,5H2,1-4H3,(H,17,18,20). The highest BCUT2D eigenvalue weighted by Gasteiger charge is 2.35. The second kappa shape index (κ2) is 6.80. The smallest absolute Gasteiger partial charge is 0.338 e. The van der Waals surface area contributed by atoms with Crippen LogP contribution < -0.4 is 14.8 Å². The van der Waals surface area contributed by atoms with Crippen LogP contribution in [0.15, 0.2) is 29.5 Å². The minimum atomic E-state index is -0.534. The van der Waals surface area contributed by atoms with Crippen LogP contribution in [0.3, 0.4) is 0 Å². The molecule has 0 fully saturated rings. The van der Waals surface area contributed by atoms with Gasteiger partial charge in [-0.2, -0.15) is 4.68 Å². The van der Waals surface area contributed by atoms with Crippen LogP contribution in [0.4, 0.5) is 5.95 Å². The first-order valence-electron chi connectivity index (χ1n) is 7.72. The lowest BCUT2D eigenvalue weighted by Crippen LogP contribution is -2.30.